The summed E-state index contributed by atoms with van der Waals surface area (Å²) in [5, 5.41) is 26.0. The van der Waals surface area contributed by atoms with Crippen molar-refractivity contribution in [3.05, 3.63) is 59.7 Å². The van der Waals surface area contributed by atoms with E-state index < -0.39 is 11.9 Å². The van der Waals surface area contributed by atoms with E-state index in [1.807, 2.05) is 6.92 Å². The number of aromatic hydroxyl groups is 1. The van der Waals surface area contributed by atoms with E-state index in [1.54, 1.807) is 30.3 Å². The first-order valence-corrected chi connectivity index (χ1v) is 6.43. The number of benzene rings is 2. The van der Waals surface area contributed by atoms with E-state index in [-0.39, 0.29) is 16.9 Å². The topological polar surface area (TPSA) is 104 Å². The maximum absolute atomic E-state index is 10.6. The lowest BCUT2D eigenvalue weighted by Crippen LogP contribution is -2.01. The van der Waals surface area contributed by atoms with Gasteiger partial charge < -0.3 is 20.1 Å². The van der Waals surface area contributed by atoms with E-state index in [0.29, 0.717) is 12.4 Å². The van der Waals surface area contributed by atoms with Gasteiger partial charge in [-0.3, -0.25) is 0 Å². The summed E-state index contributed by atoms with van der Waals surface area (Å²) in [5.41, 5.74) is 0.141. The highest BCUT2D eigenvalue weighted by molar-refractivity contribution is 5.91. The highest BCUT2D eigenvalue weighted by atomic mass is 16.5. The van der Waals surface area contributed by atoms with Crippen LogP contribution in [0, 0.1) is 0 Å². The number of para-hydroxylation sites is 2. The normalized spacial score (nSPS) is 9.32. The van der Waals surface area contributed by atoms with Crippen LogP contribution in [0.3, 0.4) is 0 Å². The summed E-state index contributed by atoms with van der Waals surface area (Å²) in [4.78, 5) is 20.9. The number of ether oxygens (including phenoxy) is 1. The van der Waals surface area contributed by atoms with E-state index in [0.717, 1.165) is 0 Å². The Morgan fingerprint density at radius 2 is 1.41 bits per heavy atom. The maximum atomic E-state index is 10.6. The van der Waals surface area contributed by atoms with Gasteiger partial charge in [-0.25, -0.2) is 9.59 Å². The molecule has 0 saturated carbocycles. The molecule has 0 unspecified atom stereocenters. The molecule has 22 heavy (non-hydrogen) atoms. The minimum atomic E-state index is -1.11. The van der Waals surface area contributed by atoms with Gasteiger partial charge in [0.1, 0.15) is 22.6 Å². The van der Waals surface area contributed by atoms with Crippen LogP contribution in [0.5, 0.6) is 11.5 Å². The first-order chi connectivity index (χ1) is 10.5. The van der Waals surface area contributed by atoms with Crippen LogP contribution in [-0.4, -0.2) is 33.9 Å². The quantitative estimate of drug-likeness (QED) is 0.802. The van der Waals surface area contributed by atoms with Crippen molar-refractivity contribution in [3.8, 4) is 11.5 Å². The van der Waals surface area contributed by atoms with Crippen LogP contribution in [0.2, 0.25) is 0 Å². The Labute approximate surface area is 127 Å². The van der Waals surface area contributed by atoms with E-state index >= 15 is 0 Å². The van der Waals surface area contributed by atoms with Gasteiger partial charge in [-0.2, -0.15) is 0 Å². The van der Waals surface area contributed by atoms with Crippen molar-refractivity contribution >= 4 is 11.9 Å². The summed E-state index contributed by atoms with van der Waals surface area (Å²) in [6.45, 7) is 2.29. The zero-order valence-corrected chi connectivity index (χ0v) is 11.9. The molecule has 0 aliphatic heterocycles. The van der Waals surface area contributed by atoms with Crippen molar-refractivity contribution in [3.63, 3.8) is 0 Å². The Bertz CT molecular complexity index is 651. The predicted octanol–water partition coefficient (Wildman–Crippen LogP) is 2.87. The van der Waals surface area contributed by atoms with Crippen LogP contribution in [0.15, 0.2) is 48.5 Å². The lowest BCUT2D eigenvalue weighted by Gasteiger charge is -2.05. The summed E-state index contributed by atoms with van der Waals surface area (Å²) >= 11 is 0. The SMILES string of the molecule is CCOc1ccccc1C(=O)O.O=C(O)c1ccccc1O. The lowest BCUT2D eigenvalue weighted by molar-refractivity contribution is 0.0682. The number of carboxylic acid groups (broad SMARTS) is 2. The Hall–Kier alpha value is -3.02. The fraction of sp³-hybridized carbons (Fsp3) is 0.125. The van der Waals surface area contributed by atoms with Crippen LogP contribution in [0.4, 0.5) is 0 Å². The molecule has 0 aliphatic rings. The van der Waals surface area contributed by atoms with Crippen molar-refractivity contribution in [1.29, 1.82) is 0 Å². The van der Waals surface area contributed by atoms with Gasteiger partial charge in [0.05, 0.1) is 6.61 Å². The Morgan fingerprint density at radius 3 is 1.86 bits per heavy atom. The largest absolute Gasteiger partial charge is 0.507 e. The smallest absolute Gasteiger partial charge is 0.339 e. The van der Waals surface area contributed by atoms with Crippen LogP contribution in [0.25, 0.3) is 0 Å². The Balaban J connectivity index is 0.000000224. The van der Waals surface area contributed by atoms with Crippen molar-refractivity contribution < 1.29 is 29.6 Å². The molecule has 0 fully saturated rings. The molecular weight excluding hydrogens is 288 g/mol. The average molecular weight is 304 g/mol. The number of rotatable bonds is 4. The molecule has 0 atom stereocenters. The highest BCUT2D eigenvalue weighted by Gasteiger charge is 2.08. The molecule has 2 aromatic rings. The van der Waals surface area contributed by atoms with Gasteiger partial charge in [-0.1, -0.05) is 24.3 Å². The molecule has 6 heteroatoms. The number of carbonyl (C=O) groups is 2. The van der Waals surface area contributed by atoms with E-state index in [4.69, 9.17) is 20.1 Å². The van der Waals surface area contributed by atoms with Crippen LogP contribution < -0.4 is 4.74 Å². The van der Waals surface area contributed by atoms with Crippen molar-refractivity contribution in [2.45, 2.75) is 6.92 Å². The van der Waals surface area contributed by atoms with Gasteiger partial charge in [0, 0.05) is 0 Å². The Kier molecular flexibility index (Phi) is 6.43. The number of phenols is 1. The molecule has 3 N–H and O–H groups in total. The van der Waals surface area contributed by atoms with Gasteiger partial charge in [-0.05, 0) is 31.2 Å². The second kappa shape index (κ2) is 8.31. The second-order valence-corrected chi connectivity index (χ2v) is 4.06. The van der Waals surface area contributed by atoms with E-state index in [9.17, 15) is 9.59 Å². The summed E-state index contributed by atoms with van der Waals surface area (Å²) in [7, 11) is 0. The molecule has 0 bridgehead atoms. The van der Waals surface area contributed by atoms with Gasteiger partial charge in [0.15, 0.2) is 0 Å². The lowest BCUT2D eigenvalue weighted by atomic mass is 10.2. The molecule has 0 spiro atoms. The zero-order chi connectivity index (χ0) is 16.5. The molecule has 2 aromatic carbocycles. The van der Waals surface area contributed by atoms with E-state index in [2.05, 4.69) is 0 Å². The second-order valence-electron chi connectivity index (χ2n) is 4.06. The minimum Gasteiger partial charge on any atom is -0.507 e. The van der Waals surface area contributed by atoms with Crippen LogP contribution in [0.1, 0.15) is 27.6 Å². The number of aromatic carboxylic acids is 2. The molecule has 2 rings (SSSR count). The molecule has 6 nitrogen and oxygen atoms in total. The van der Waals surface area contributed by atoms with Crippen LogP contribution >= 0.6 is 0 Å². The third-order valence-electron chi connectivity index (χ3n) is 2.55. The van der Waals surface area contributed by atoms with Gasteiger partial charge in [0.2, 0.25) is 0 Å². The van der Waals surface area contributed by atoms with E-state index in [1.165, 1.54) is 18.2 Å². The molecule has 0 heterocycles. The summed E-state index contributed by atoms with van der Waals surface area (Å²) in [5.74, 6) is -1.85. The molecule has 0 saturated heterocycles. The highest BCUT2D eigenvalue weighted by Crippen LogP contribution is 2.17. The third-order valence-corrected chi connectivity index (χ3v) is 2.55. The van der Waals surface area contributed by atoms with Crippen molar-refractivity contribution in [2.24, 2.45) is 0 Å². The molecular formula is C16H16O6. The number of hydrogen-bond acceptors (Lipinski definition) is 4. The molecule has 0 radical (unpaired) electrons. The first-order valence-electron chi connectivity index (χ1n) is 6.43. The standard InChI is InChI=1S/C9H10O3.C7H6O3/c1-2-12-8-6-4-3-5-7(8)9(10)11;8-6-4-2-1-3-5(6)7(9)10/h3-6H,2H2,1H3,(H,10,11);1-4,8H,(H,9,10). The molecule has 0 aromatic heterocycles. The zero-order valence-electron chi connectivity index (χ0n) is 11.9. The van der Waals surface area contributed by atoms with Crippen molar-refractivity contribution in [1.82, 2.24) is 0 Å². The summed E-state index contributed by atoms with van der Waals surface area (Å²) in [6, 6.07) is 12.4. The third kappa shape index (κ3) is 4.82. The van der Waals surface area contributed by atoms with Crippen LogP contribution in [-0.2, 0) is 0 Å². The van der Waals surface area contributed by atoms with Gasteiger partial charge in [-0.15, -0.1) is 0 Å². The monoisotopic (exact) mass is 304 g/mol. The first kappa shape index (κ1) is 17.0. The Morgan fingerprint density at radius 1 is 0.909 bits per heavy atom. The van der Waals surface area contributed by atoms with Gasteiger partial charge >= 0.3 is 11.9 Å². The fourth-order valence-corrected chi connectivity index (χ4v) is 1.58. The minimum absolute atomic E-state index is 0.0671. The summed E-state index contributed by atoms with van der Waals surface area (Å²) in [6.07, 6.45) is 0. The average Bonchev–Trinajstić information content (AvgIpc) is 2.49. The van der Waals surface area contributed by atoms with Gasteiger partial charge in [0.25, 0.3) is 0 Å². The number of carboxylic acids is 2. The number of hydrogen-bond donors (Lipinski definition) is 3. The summed E-state index contributed by atoms with van der Waals surface area (Å²) < 4.78 is 5.12. The predicted molar refractivity (Wildman–Crippen MR) is 79.6 cm³/mol. The molecule has 0 aliphatic carbocycles. The molecule has 116 valence electrons. The molecule has 0 amide bonds. The fourth-order valence-electron chi connectivity index (χ4n) is 1.58. The maximum Gasteiger partial charge on any atom is 0.339 e. The van der Waals surface area contributed by atoms with Crippen molar-refractivity contribution in [2.75, 3.05) is 6.61 Å².